The number of nitrogens with one attached hydrogen (secondary N) is 1. The lowest BCUT2D eigenvalue weighted by molar-refractivity contribution is 0.204. The number of nitrogens with two attached hydrogens (primary N) is 1. The Kier molecular flexibility index (Phi) is 6.46. The van der Waals surface area contributed by atoms with Crippen LogP contribution in [0.5, 0.6) is 5.75 Å². The maximum Gasteiger partial charge on any atom is 0.317 e. The highest BCUT2D eigenvalue weighted by Gasteiger charge is 2.30. The second kappa shape index (κ2) is 9.68. The number of rotatable bonds is 5. The molecule has 7 nitrogen and oxygen atoms in total. The van der Waals surface area contributed by atoms with Crippen LogP contribution in [0.3, 0.4) is 0 Å². The van der Waals surface area contributed by atoms with E-state index >= 15 is 0 Å². The quantitative estimate of drug-likeness (QED) is 0.534. The first-order valence-corrected chi connectivity index (χ1v) is 12.8. The van der Waals surface area contributed by atoms with Crippen LogP contribution in [-0.2, 0) is 6.42 Å². The number of carbonyl (C=O) groups excluding carboxylic acids is 1. The normalized spacial score (nSPS) is 19.0. The van der Waals surface area contributed by atoms with Gasteiger partial charge >= 0.3 is 6.03 Å². The Morgan fingerprint density at radius 2 is 2.17 bits per heavy atom. The van der Waals surface area contributed by atoms with Gasteiger partial charge in [-0.05, 0) is 68.0 Å². The molecule has 2 atom stereocenters. The summed E-state index contributed by atoms with van der Waals surface area (Å²) in [6.07, 6.45) is 4.55. The zero-order valence-electron chi connectivity index (χ0n) is 20.0. The lowest BCUT2D eigenvalue weighted by Crippen LogP contribution is -2.41. The lowest BCUT2D eigenvalue weighted by Gasteiger charge is -2.21. The van der Waals surface area contributed by atoms with Crippen LogP contribution in [0, 0.1) is 11.3 Å². The fourth-order valence-corrected chi connectivity index (χ4v) is 5.85. The fraction of sp³-hybridized carbons (Fsp3) is 0.370. The zero-order chi connectivity index (χ0) is 24.5. The third kappa shape index (κ3) is 4.75. The van der Waals surface area contributed by atoms with Gasteiger partial charge in [0.15, 0.2) is 0 Å². The monoisotopic (exact) mass is 487 g/mol. The van der Waals surface area contributed by atoms with E-state index in [0.29, 0.717) is 24.4 Å². The summed E-state index contributed by atoms with van der Waals surface area (Å²) in [6.45, 7) is 5.22. The Balaban J connectivity index is 1.37. The Hall–Kier alpha value is -3.41. The Bertz CT molecular complexity index is 1290. The molecule has 1 saturated heterocycles. The maximum absolute atomic E-state index is 12.7. The molecule has 0 spiro atoms. The number of benzene rings is 2. The molecule has 0 radical (unpaired) electrons. The van der Waals surface area contributed by atoms with E-state index in [2.05, 4.69) is 34.6 Å². The van der Waals surface area contributed by atoms with Gasteiger partial charge < -0.3 is 20.7 Å². The lowest BCUT2D eigenvalue weighted by atomic mass is 10.0. The number of hydrogen-bond donors (Lipinski definition) is 2. The number of nitriles is 1. The third-order valence-corrected chi connectivity index (χ3v) is 7.64. The number of urea groups is 1. The van der Waals surface area contributed by atoms with E-state index < -0.39 is 0 Å². The van der Waals surface area contributed by atoms with Gasteiger partial charge in [-0.25, -0.2) is 9.78 Å². The third-order valence-electron chi connectivity index (χ3n) is 6.56. The van der Waals surface area contributed by atoms with Crippen molar-refractivity contribution in [2.45, 2.75) is 51.3 Å². The molecule has 0 saturated carbocycles. The van der Waals surface area contributed by atoms with Crippen molar-refractivity contribution in [1.82, 2.24) is 15.2 Å². The van der Waals surface area contributed by atoms with Gasteiger partial charge in [-0.3, -0.25) is 0 Å². The molecule has 0 unspecified atom stereocenters. The van der Waals surface area contributed by atoms with Crippen LogP contribution in [0.1, 0.15) is 49.4 Å². The van der Waals surface area contributed by atoms with E-state index in [9.17, 15) is 10.1 Å². The number of hydrogen-bond acceptors (Lipinski definition) is 6. The highest BCUT2D eigenvalue weighted by molar-refractivity contribution is 7.18. The number of amides is 2. The van der Waals surface area contributed by atoms with Crippen LogP contribution in [0.15, 0.2) is 42.6 Å². The highest BCUT2D eigenvalue weighted by Crippen LogP contribution is 2.41. The minimum Gasteiger partial charge on any atom is -0.490 e. The maximum atomic E-state index is 12.7. The van der Waals surface area contributed by atoms with E-state index in [4.69, 9.17) is 10.5 Å². The van der Waals surface area contributed by atoms with Crippen LogP contribution in [-0.4, -0.2) is 41.2 Å². The van der Waals surface area contributed by atoms with Gasteiger partial charge in [0.05, 0.1) is 22.6 Å². The Labute approximate surface area is 209 Å². The predicted octanol–water partition coefficient (Wildman–Crippen LogP) is 4.87. The van der Waals surface area contributed by atoms with E-state index in [1.807, 2.05) is 43.1 Å². The van der Waals surface area contributed by atoms with Gasteiger partial charge in [0.25, 0.3) is 0 Å². The minimum absolute atomic E-state index is 0.00105. The van der Waals surface area contributed by atoms with Crippen molar-refractivity contribution >= 4 is 17.4 Å². The molecule has 2 heterocycles. The van der Waals surface area contributed by atoms with Crippen molar-refractivity contribution < 1.29 is 9.53 Å². The van der Waals surface area contributed by atoms with Gasteiger partial charge in [0, 0.05) is 30.9 Å². The number of carbonyl (C=O) groups is 1. The van der Waals surface area contributed by atoms with E-state index in [1.165, 1.54) is 11.1 Å². The molecule has 35 heavy (non-hydrogen) atoms. The fourth-order valence-electron chi connectivity index (χ4n) is 4.89. The molecule has 0 bridgehead atoms. The van der Waals surface area contributed by atoms with Crippen molar-refractivity contribution in [3.8, 4) is 32.8 Å². The van der Waals surface area contributed by atoms with Crippen molar-refractivity contribution in [3.05, 3.63) is 59.3 Å². The molecular formula is C27H29N5O2S. The number of nitrogens with zero attached hydrogens (tertiary/aromatic N) is 3. The van der Waals surface area contributed by atoms with Crippen LogP contribution < -0.4 is 15.8 Å². The molecule has 2 aliphatic rings. The van der Waals surface area contributed by atoms with E-state index in [1.54, 1.807) is 11.3 Å². The average molecular weight is 488 g/mol. The second-order valence-corrected chi connectivity index (χ2v) is 10.5. The summed E-state index contributed by atoms with van der Waals surface area (Å²) in [4.78, 5) is 20.3. The largest absolute Gasteiger partial charge is 0.490 e. The number of likely N-dealkylation sites (tertiary alicyclic amines) is 1. The van der Waals surface area contributed by atoms with Crippen molar-refractivity contribution in [2.75, 3.05) is 13.1 Å². The number of ether oxygens (including phenoxy) is 1. The topological polar surface area (TPSA) is 104 Å². The molecule has 2 amide bonds. The van der Waals surface area contributed by atoms with Gasteiger partial charge in [-0.15, -0.1) is 11.3 Å². The SMILES string of the molecule is CC(C)Oc1ccc(-c2ncc(-c3cccc4c3CC[C@@H]4NC(=O)N3CC[C@@H](N)C3)s2)cc1C#N. The van der Waals surface area contributed by atoms with Crippen LogP contribution >= 0.6 is 11.3 Å². The smallest absolute Gasteiger partial charge is 0.317 e. The standard InChI is InChI=1S/C27H29N5O2S/c1-16(2)34-24-9-6-17(12-18(24)13-28)26-30-14-25(35-26)22-5-3-4-21-20(22)7-8-23(21)31-27(33)32-11-10-19(29)15-32/h3-6,9,12,14,16,19,23H,7-8,10-11,15,29H2,1-2H3,(H,31,33)/t19-,23+/m1/s1. The van der Waals surface area contributed by atoms with Crippen LogP contribution in [0.4, 0.5) is 4.79 Å². The van der Waals surface area contributed by atoms with Crippen molar-refractivity contribution in [1.29, 1.82) is 5.26 Å². The molecule has 1 fully saturated rings. The van der Waals surface area contributed by atoms with Gasteiger partial charge in [0.1, 0.15) is 16.8 Å². The molecular weight excluding hydrogens is 458 g/mol. The molecule has 3 aromatic rings. The summed E-state index contributed by atoms with van der Waals surface area (Å²) >= 11 is 1.61. The van der Waals surface area contributed by atoms with Crippen molar-refractivity contribution in [3.63, 3.8) is 0 Å². The van der Waals surface area contributed by atoms with Crippen LogP contribution in [0.2, 0.25) is 0 Å². The summed E-state index contributed by atoms with van der Waals surface area (Å²) in [5.74, 6) is 0.591. The molecule has 1 aliphatic carbocycles. The summed E-state index contributed by atoms with van der Waals surface area (Å²) in [5, 5.41) is 13.7. The first-order chi connectivity index (χ1) is 16.9. The second-order valence-electron chi connectivity index (χ2n) is 9.43. The molecule has 1 aromatic heterocycles. The van der Waals surface area contributed by atoms with E-state index in [0.717, 1.165) is 40.3 Å². The number of aromatic nitrogens is 1. The Morgan fingerprint density at radius 3 is 2.91 bits per heavy atom. The molecule has 5 rings (SSSR count). The van der Waals surface area contributed by atoms with E-state index in [-0.39, 0.29) is 24.2 Å². The highest BCUT2D eigenvalue weighted by atomic mass is 32.1. The first-order valence-electron chi connectivity index (χ1n) is 12.0. The molecule has 8 heteroatoms. The molecule has 1 aliphatic heterocycles. The average Bonchev–Trinajstić information content (AvgIpc) is 3.59. The molecule has 180 valence electrons. The minimum atomic E-state index is -0.0283. The summed E-state index contributed by atoms with van der Waals surface area (Å²) in [6, 6.07) is 14.2. The van der Waals surface area contributed by atoms with Gasteiger partial charge in [-0.1, -0.05) is 18.2 Å². The summed E-state index contributed by atoms with van der Waals surface area (Å²) in [5.41, 5.74) is 11.0. The van der Waals surface area contributed by atoms with Gasteiger partial charge in [-0.2, -0.15) is 5.26 Å². The first kappa shape index (κ1) is 23.3. The summed E-state index contributed by atoms with van der Waals surface area (Å²) in [7, 11) is 0. The molecule has 3 N–H and O–H groups in total. The van der Waals surface area contributed by atoms with Gasteiger partial charge in [0.2, 0.25) is 0 Å². The zero-order valence-corrected chi connectivity index (χ0v) is 20.8. The predicted molar refractivity (Wildman–Crippen MR) is 137 cm³/mol. The Morgan fingerprint density at radius 1 is 1.31 bits per heavy atom. The van der Waals surface area contributed by atoms with Crippen molar-refractivity contribution in [2.24, 2.45) is 5.73 Å². The number of thiazole rings is 1. The molecule has 2 aromatic carbocycles. The number of fused-ring (bicyclic) bond motifs is 1. The van der Waals surface area contributed by atoms with Crippen LogP contribution in [0.25, 0.3) is 21.0 Å². The summed E-state index contributed by atoms with van der Waals surface area (Å²) < 4.78 is 5.75.